The highest BCUT2D eigenvalue weighted by Crippen LogP contribution is 2.56. The van der Waals surface area contributed by atoms with E-state index in [4.69, 9.17) is 15.0 Å². The van der Waals surface area contributed by atoms with Gasteiger partial charge in [0, 0.05) is 16.7 Å². The summed E-state index contributed by atoms with van der Waals surface area (Å²) in [5, 5.41) is 1.40. The van der Waals surface area contributed by atoms with Crippen molar-refractivity contribution in [2.45, 2.75) is 25.1 Å². The number of hydrogen-bond acceptors (Lipinski definition) is 3. The third-order valence-corrected chi connectivity index (χ3v) is 13.9. The van der Waals surface area contributed by atoms with Gasteiger partial charge in [0.25, 0.3) is 0 Å². The molecule has 1 aliphatic carbocycles. The van der Waals surface area contributed by atoms with Gasteiger partial charge in [-0.15, -0.1) is 0 Å². The summed E-state index contributed by atoms with van der Waals surface area (Å²) in [7, 11) is -1.51. The number of nitrogens with zero attached hydrogens (tertiary/aromatic N) is 3. The number of rotatable bonds is 8. The fourth-order valence-electron chi connectivity index (χ4n) is 8.81. The Morgan fingerprint density at radius 3 is 1.34 bits per heavy atom. The van der Waals surface area contributed by atoms with Gasteiger partial charge in [0.1, 0.15) is 0 Å². The van der Waals surface area contributed by atoms with Crippen LogP contribution in [0.15, 0.2) is 206 Å². The third kappa shape index (κ3) is 6.52. The molecule has 0 unspecified atom stereocenters. The van der Waals surface area contributed by atoms with Crippen molar-refractivity contribution in [3.05, 3.63) is 229 Å². The van der Waals surface area contributed by atoms with Gasteiger partial charge in [-0.3, -0.25) is 0 Å². The lowest BCUT2D eigenvalue weighted by Crippen LogP contribution is -2.37. The molecule has 0 saturated carbocycles. The predicted molar refractivity (Wildman–Crippen MR) is 247 cm³/mol. The van der Waals surface area contributed by atoms with Crippen molar-refractivity contribution < 1.29 is 0 Å². The van der Waals surface area contributed by atoms with E-state index in [9.17, 15) is 0 Å². The standard InChI is InChI=1S/C55H43N3Si/c1-59(2,3)47-32-29-39(30-33-47)52-56-53(43-22-16-21-42(36-43)41-20-15-19-40(35-41)38-17-7-4-8-18-38)58-54(57-52)44-31-34-49-48-27-13-14-28-50(48)55(51(49)37-44,45-23-9-5-10-24-45)46-25-11-6-12-26-46/h4-37H,1-3H3. The molecule has 10 rings (SSSR count). The van der Waals surface area contributed by atoms with Crippen molar-refractivity contribution in [3.8, 4) is 67.5 Å². The molecule has 0 atom stereocenters. The molecule has 0 N–H and O–H groups in total. The minimum atomic E-state index is -1.51. The largest absolute Gasteiger partial charge is 0.208 e. The molecule has 4 heteroatoms. The van der Waals surface area contributed by atoms with E-state index < -0.39 is 13.5 Å². The van der Waals surface area contributed by atoms with Crippen LogP contribution in [0.4, 0.5) is 0 Å². The van der Waals surface area contributed by atoms with Crippen LogP contribution < -0.4 is 5.19 Å². The molecule has 3 nitrogen and oxygen atoms in total. The molecule has 0 radical (unpaired) electrons. The van der Waals surface area contributed by atoms with E-state index in [1.54, 1.807) is 0 Å². The molecule has 59 heavy (non-hydrogen) atoms. The lowest BCUT2D eigenvalue weighted by atomic mass is 9.67. The fraction of sp³-hybridized carbons (Fsp3) is 0.0727. The Labute approximate surface area is 347 Å². The van der Waals surface area contributed by atoms with E-state index in [2.05, 4.69) is 226 Å². The van der Waals surface area contributed by atoms with Crippen LogP contribution in [0, 0.1) is 0 Å². The van der Waals surface area contributed by atoms with Crippen LogP contribution >= 0.6 is 0 Å². The van der Waals surface area contributed by atoms with Gasteiger partial charge in [-0.1, -0.05) is 213 Å². The van der Waals surface area contributed by atoms with Crippen LogP contribution in [0.25, 0.3) is 67.5 Å². The number of fused-ring (bicyclic) bond motifs is 3. The summed E-state index contributed by atoms with van der Waals surface area (Å²) < 4.78 is 0. The maximum absolute atomic E-state index is 5.31. The minimum absolute atomic E-state index is 0.529. The van der Waals surface area contributed by atoms with E-state index in [-0.39, 0.29) is 0 Å². The van der Waals surface area contributed by atoms with Crippen molar-refractivity contribution in [3.63, 3.8) is 0 Å². The van der Waals surface area contributed by atoms with Crippen LogP contribution in [0.1, 0.15) is 22.3 Å². The van der Waals surface area contributed by atoms with E-state index in [0.717, 1.165) is 27.8 Å². The van der Waals surface area contributed by atoms with Gasteiger partial charge < -0.3 is 0 Å². The Balaban J connectivity index is 1.16. The van der Waals surface area contributed by atoms with E-state index >= 15 is 0 Å². The summed E-state index contributed by atoms with van der Waals surface area (Å²) in [5.74, 6) is 1.94. The normalized spacial score (nSPS) is 12.8. The molecule has 0 spiro atoms. The summed E-state index contributed by atoms with van der Waals surface area (Å²) in [4.78, 5) is 15.8. The zero-order valence-corrected chi connectivity index (χ0v) is 34.5. The first-order valence-corrected chi connectivity index (χ1v) is 23.9. The molecule has 8 aromatic carbocycles. The lowest BCUT2D eigenvalue weighted by Gasteiger charge is -2.34. The lowest BCUT2D eigenvalue weighted by molar-refractivity contribution is 0.768. The number of benzene rings is 8. The Morgan fingerprint density at radius 2 is 0.746 bits per heavy atom. The molecule has 9 aromatic rings. The van der Waals surface area contributed by atoms with Gasteiger partial charge in [0.05, 0.1) is 13.5 Å². The maximum atomic E-state index is 5.31. The van der Waals surface area contributed by atoms with Crippen molar-refractivity contribution in [1.29, 1.82) is 0 Å². The summed E-state index contributed by atoms with van der Waals surface area (Å²) in [5.41, 5.74) is 14.4. The smallest absolute Gasteiger partial charge is 0.164 e. The highest BCUT2D eigenvalue weighted by molar-refractivity contribution is 6.88. The predicted octanol–water partition coefficient (Wildman–Crippen LogP) is 13.1. The first kappa shape index (κ1) is 36.3. The van der Waals surface area contributed by atoms with Crippen molar-refractivity contribution in [2.75, 3.05) is 0 Å². The minimum Gasteiger partial charge on any atom is -0.208 e. The Bertz CT molecular complexity index is 2910. The first-order chi connectivity index (χ1) is 28.9. The second-order valence-electron chi connectivity index (χ2n) is 16.4. The molecule has 0 amide bonds. The van der Waals surface area contributed by atoms with Crippen LogP contribution in [-0.4, -0.2) is 23.0 Å². The molecule has 0 bridgehead atoms. The Morgan fingerprint density at radius 1 is 0.322 bits per heavy atom. The first-order valence-electron chi connectivity index (χ1n) is 20.4. The third-order valence-electron chi connectivity index (χ3n) is 11.8. The quantitative estimate of drug-likeness (QED) is 0.144. The molecule has 1 aliphatic rings. The average Bonchev–Trinajstić information content (AvgIpc) is 3.60. The second-order valence-corrected chi connectivity index (χ2v) is 21.5. The summed E-state index contributed by atoms with van der Waals surface area (Å²) in [6.07, 6.45) is 0. The zero-order valence-electron chi connectivity index (χ0n) is 33.5. The van der Waals surface area contributed by atoms with Crippen LogP contribution in [0.3, 0.4) is 0 Å². The summed E-state index contributed by atoms with van der Waals surface area (Å²) in [6, 6.07) is 74.2. The summed E-state index contributed by atoms with van der Waals surface area (Å²) >= 11 is 0. The molecule has 0 fully saturated rings. The van der Waals surface area contributed by atoms with Crippen LogP contribution in [0.5, 0.6) is 0 Å². The highest BCUT2D eigenvalue weighted by Gasteiger charge is 2.46. The molecule has 1 aromatic heterocycles. The van der Waals surface area contributed by atoms with Gasteiger partial charge in [0.15, 0.2) is 17.5 Å². The molecule has 0 aliphatic heterocycles. The average molecular weight is 774 g/mol. The van der Waals surface area contributed by atoms with Crippen molar-refractivity contribution in [1.82, 2.24) is 15.0 Å². The SMILES string of the molecule is C[Si](C)(C)c1ccc(-c2nc(-c3cccc(-c4cccc(-c5ccccc5)c4)c3)nc(-c3ccc4c(c3)C(c3ccccc3)(c3ccccc3)c3ccccc3-4)n2)cc1. The van der Waals surface area contributed by atoms with Gasteiger partial charge >= 0.3 is 0 Å². The fourth-order valence-corrected chi connectivity index (χ4v) is 9.98. The second kappa shape index (κ2) is 14.7. The number of hydrogen-bond donors (Lipinski definition) is 0. The maximum Gasteiger partial charge on any atom is 0.164 e. The monoisotopic (exact) mass is 773 g/mol. The van der Waals surface area contributed by atoms with Crippen LogP contribution in [-0.2, 0) is 5.41 Å². The zero-order chi connectivity index (χ0) is 40.0. The van der Waals surface area contributed by atoms with Crippen molar-refractivity contribution in [2.24, 2.45) is 0 Å². The molecule has 1 heterocycles. The number of aromatic nitrogens is 3. The summed E-state index contributed by atoms with van der Waals surface area (Å²) in [6.45, 7) is 7.13. The Hall–Kier alpha value is -7.01. The van der Waals surface area contributed by atoms with Gasteiger partial charge in [-0.2, -0.15) is 0 Å². The Kier molecular flexibility index (Phi) is 9.07. The van der Waals surface area contributed by atoms with E-state index in [0.29, 0.717) is 17.5 Å². The molecule has 282 valence electrons. The van der Waals surface area contributed by atoms with E-state index in [1.807, 2.05) is 0 Å². The highest BCUT2D eigenvalue weighted by atomic mass is 28.3. The molecule has 0 saturated heterocycles. The van der Waals surface area contributed by atoms with Gasteiger partial charge in [0.2, 0.25) is 0 Å². The molecular formula is C55H43N3Si. The van der Waals surface area contributed by atoms with Crippen LogP contribution in [0.2, 0.25) is 19.6 Å². The van der Waals surface area contributed by atoms with Crippen molar-refractivity contribution >= 4 is 13.3 Å². The van der Waals surface area contributed by atoms with Gasteiger partial charge in [-0.25, -0.2) is 15.0 Å². The van der Waals surface area contributed by atoms with E-state index in [1.165, 1.54) is 49.7 Å². The van der Waals surface area contributed by atoms with Gasteiger partial charge in [-0.05, 0) is 73.8 Å². The topological polar surface area (TPSA) is 38.7 Å². The molecular weight excluding hydrogens is 731 g/mol.